The monoisotopic (exact) mass is 499 g/mol. The van der Waals surface area contributed by atoms with Crippen LogP contribution < -0.4 is 5.32 Å². The number of H-pyrrole nitrogens is 2. The predicted molar refractivity (Wildman–Crippen MR) is 137 cm³/mol. The maximum absolute atomic E-state index is 13.9. The second kappa shape index (κ2) is 8.81. The fourth-order valence-corrected chi connectivity index (χ4v) is 4.52. The number of aromatic nitrogens is 5. The summed E-state index contributed by atoms with van der Waals surface area (Å²) in [4.78, 5) is 26.2. The number of likely N-dealkylation sites (tertiary alicyclic amines) is 1. The summed E-state index contributed by atoms with van der Waals surface area (Å²) in [5.74, 6) is -3.01. The minimum Gasteiger partial charge on any atom is -0.351 e. The molecule has 1 unspecified atom stereocenters. The molecule has 10 heteroatoms. The molecule has 4 heterocycles. The van der Waals surface area contributed by atoms with Gasteiger partial charge < -0.3 is 15.2 Å². The van der Waals surface area contributed by atoms with E-state index in [0.717, 1.165) is 27.8 Å². The van der Waals surface area contributed by atoms with E-state index in [0.29, 0.717) is 17.2 Å². The number of benzene rings is 2. The highest BCUT2D eigenvalue weighted by molar-refractivity contribution is 5.99. The molecule has 8 nitrogen and oxygen atoms in total. The average molecular weight is 500 g/mol. The zero-order valence-electron chi connectivity index (χ0n) is 19.9. The molecule has 3 aromatic heterocycles. The zero-order chi connectivity index (χ0) is 25.6. The minimum atomic E-state index is -2.87. The van der Waals surface area contributed by atoms with E-state index in [-0.39, 0.29) is 12.2 Å². The number of nitrogens with one attached hydrogen (secondary N) is 3. The van der Waals surface area contributed by atoms with Crippen molar-refractivity contribution in [1.29, 1.82) is 0 Å². The first-order valence-electron chi connectivity index (χ1n) is 11.9. The van der Waals surface area contributed by atoms with Gasteiger partial charge in [-0.3, -0.25) is 9.89 Å². The van der Waals surface area contributed by atoms with Crippen LogP contribution in [-0.2, 0) is 0 Å². The lowest BCUT2D eigenvalue weighted by Gasteiger charge is -2.14. The third-order valence-corrected chi connectivity index (χ3v) is 6.66. The van der Waals surface area contributed by atoms with E-state index in [2.05, 4.69) is 30.5 Å². The highest BCUT2D eigenvalue weighted by atomic mass is 19.3. The Morgan fingerprint density at radius 2 is 1.89 bits per heavy atom. The lowest BCUT2D eigenvalue weighted by molar-refractivity contribution is -0.0202. The summed E-state index contributed by atoms with van der Waals surface area (Å²) in [5.41, 5.74) is 4.68. The molecule has 37 heavy (non-hydrogen) atoms. The molecule has 0 radical (unpaired) electrons. The molecule has 0 bridgehead atoms. The number of hydrogen-bond acceptors (Lipinski definition) is 5. The number of carbonyl (C=O) groups is 1. The van der Waals surface area contributed by atoms with Crippen LogP contribution in [-0.4, -0.2) is 55.0 Å². The van der Waals surface area contributed by atoms with E-state index >= 15 is 0 Å². The van der Waals surface area contributed by atoms with E-state index in [1.165, 1.54) is 11.8 Å². The van der Waals surface area contributed by atoms with Crippen molar-refractivity contribution in [3.05, 3.63) is 78.9 Å². The smallest absolute Gasteiger partial charge is 0.270 e. The van der Waals surface area contributed by atoms with E-state index in [1.54, 1.807) is 24.5 Å². The van der Waals surface area contributed by atoms with Crippen molar-refractivity contribution in [1.82, 2.24) is 30.0 Å². The van der Waals surface area contributed by atoms with E-state index < -0.39 is 24.3 Å². The van der Waals surface area contributed by atoms with Crippen molar-refractivity contribution < 1.29 is 13.6 Å². The van der Waals surface area contributed by atoms with Crippen LogP contribution in [0.4, 0.5) is 20.3 Å². The highest BCUT2D eigenvalue weighted by Crippen LogP contribution is 2.34. The predicted octanol–water partition coefficient (Wildman–Crippen LogP) is 5.49. The van der Waals surface area contributed by atoms with E-state index in [9.17, 15) is 13.6 Å². The molecular formula is C27H23F2N7O. The fourth-order valence-electron chi connectivity index (χ4n) is 4.52. The Balaban J connectivity index is 1.21. The molecule has 186 valence electrons. The normalized spacial score (nSPS) is 16.8. The van der Waals surface area contributed by atoms with Gasteiger partial charge in [0.15, 0.2) is 5.82 Å². The first kappa shape index (κ1) is 22.8. The Kier molecular flexibility index (Phi) is 5.44. The van der Waals surface area contributed by atoms with Gasteiger partial charge >= 0.3 is 0 Å². The molecule has 1 aliphatic heterocycles. The Morgan fingerprint density at radius 1 is 1.08 bits per heavy atom. The minimum absolute atomic E-state index is 0.0339. The van der Waals surface area contributed by atoms with Gasteiger partial charge in [0.25, 0.3) is 11.8 Å². The molecule has 5 aromatic rings. The summed E-state index contributed by atoms with van der Waals surface area (Å²) in [7, 11) is 0. The summed E-state index contributed by atoms with van der Waals surface area (Å²) < 4.78 is 27.9. The first-order valence-corrected chi connectivity index (χ1v) is 11.9. The van der Waals surface area contributed by atoms with Crippen LogP contribution in [0.2, 0.25) is 0 Å². The van der Waals surface area contributed by atoms with Crippen LogP contribution in [0.3, 0.4) is 0 Å². The van der Waals surface area contributed by atoms with Crippen LogP contribution in [0, 0.1) is 5.92 Å². The van der Waals surface area contributed by atoms with Gasteiger partial charge in [0.05, 0.1) is 12.7 Å². The van der Waals surface area contributed by atoms with Gasteiger partial charge in [-0.15, -0.1) is 0 Å². The Morgan fingerprint density at radius 3 is 2.62 bits per heavy atom. The van der Waals surface area contributed by atoms with Gasteiger partial charge in [0.2, 0.25) is 0 Å². The summed E-state index contributed by atoms with van der Waals surface area (Å²) >= 11 is 0. The zero-order valence-corrected chi connectivity index (χ0v) is 19.9. The molecular weight excluding hydrogens is 476 g/mol. The van der Waals surface area contributed by atoms with Crippen molar-refractivity contribution in [2.45, 2.75) is 12.8 Å². The molecule has 0 spiro atoms. The average Bonchev–Trinajstić information content (AvgIpc) is 3.63. The molecule has 1 fully saturated rings. The van der Waals surface area contributed by atoms with Crippen molar-refractivity contribution in [2.24, 2.45) is 5.92 Å². The van der Waals surface area contributed by atoms with Gasteiger partial charge in [-0.05, 0) is 35.9 Å². The lowest BCUT2D eigenvalue weighted by Crippen LogP contribution is -2.31. The summed E-state index contributed by atoms with van der Waals surface area (Å²) in [6, 6.07) is 17.0. The maximum Gasteiger partial charge on any atom is 0.270 e. The molecule has 0 aliphatic carbocycles. The van der Waals surface area contributed by atoms with E-state index in [1.807, 2.05) is 48.7 Å². The Bertz CT molecular complexity index is 1580. The van der Waals surface area contributed by atoms with Crippen molar-refractivity contribution in [2.75, 3.05) is 18.4 Å². The fraction of sp³-hybridized carbons (Fsp3) is 0.185. The number of fused-ring (bicyclic) bond motifs is 1. The molecule has 1 atom stereocenters. The van der Waals surface area contributed by atoms with Crippen molar-refractivity contribution >= 4 is 28.3 Å². The molecule has 1 aliphatic rings. The largest absolute Gasteiger partial charge is 0.351 e. The number of halogens is 2. The third-order valence-electron chi connectivity index (χ3n) is 6.66. The number of nitrogens with zero attached hydrogens (tertiary/aromatic N) is 4. The number of aromatic amines is 2. The van der Waals surface area contributed by atoms with Crippen molar-refractivity contribution in [3.8, 4) is 22.5 Å². The standard InChI is InChI=1S/C27H23F2N7O/c1-16-14-36(15-27(16,28)29)26(37)23-10-18-2-3-19(11-22(18)34-23)25-30-9-8-24(35-25)33-21-6-4-17(5-7-21)20-12-31-32-13-20/h2-13,16,34H,14-15H2,1H3,(H,31,32)(H,30,33,35). The lowest BCUT2D eigenvalue weighted by atomic mass is 10.1. The maximum atomic E-state index is 13.9. The van der Waals surface area contributed by atoms with Gasteiger partial charge in [-0.1, -0.05) is 31.2 Å². The first-order chi connectivity index (χ1) is 17.9. The number of alkyl halides is 2. The van der Waals surface area contributed by atoms with Gasteiger partial charge in [0, 0.05) is 52.6 Å². The summed E-state index contributed by atoms with van der Waals surface area (Å²) in [6.07, 6.45) is 5.28. The highest BCUT2D eigenvalue weighted by Gasteiger charge is 2.47. The third kappa shape index (κ3) is 4.42. The van der Waals surface area contributed by atoms with Gasteiger partial charge in [-0.25, -0.2) is 18.7 Å². The second-order valence-electron chi connectivity index (χ2n) is 9.29. The molecule has 6 rings (SSSR count). The van der Waals surface area contributed by atoms with Crippen LogP contribution in [0.15, 0.2) is 73.2 Å². The van der Waals surface area contributed by atoms with Gasteiger partial charge in [-0.2, -0.15) is 5.10 Å². The molecule has 0 saturated carbocycles. The molecule has 2 aromatic carbocycles. The van der Waals surface area contributed by atoms with Crippen LogP contribution in [0.5, 0.6) is 0 Å². The Hall–Kier alpha value is -4.60. The summed E-state index contributed by atoms with van der Waals surface area (Å²) in [6.45, 7) is 0.934. The quantitative estimate of drug-likeness (QED) is 0.297. The van der Waals surface area contributed by atoms with Crippen LogP contribution >= 0.6 is 0 Å². The summed E-state index contributed by atoms with van der Waals surface area (Å²) in [5, 5.41) is 10.9. The molecule has 1 amide bonds. The molecule has 3 N–H and O–H groups in total. The van der Waals surface area contributed by atoms with Crippen LogP contribution in [0.1, 0.15) is 17.4 Å². The number of amides is 1. The SMILES string of the molecule is CC1CN(C(=O)c2cc3ccc(-c4nccc(Nc5ccc(-c6cn[nH]c6)cc5)n4)cc3[nH]2)CC1(F)F. The second-order valence-corrected chi connectivity index (χ2v) is 9.29. The number of anilines is 2. The van der Waals surface area contributed by atoms with Crippen molar-refractivity contribution in [3.63, 3.8) is 0 Å². The van der Waals surface area contributed by atoms with Crippen LogP contribution in [0.25, 0.3) is 33.4 Å². The van der Waals surface area contributed by atoms with E-state index in [4.69, 9.17) is 0 Å². The number of hydrogen-bond donors (Lipinski definition) is 3. The topological polar surface area (TPSA) is 103 Å². The number of rotatable bonds is 5. The molecule has 1 saturated heterocycles. The Labute approximate surface area is 210 Å². The number of carbonyl (C=O) groups excluding carboxylic acids is 1. The van der Waals surface area contributed by atoms with Gasteiger partial charge in [0.1, 0.15) is 11.5 Å².